The molecule has 0 fully saturated rings. The molecule has 0 amide bonds. The van der Waals surface area contributed by atoms with E-state index in [1.807, 2.05) is 18.3 Å². The molecule has 2 N–H and O–H groups in total. The molecule has 1 atom stereocenters. The van der Waals surface area contributed by atoms with E-state index in [-0.39, 0.29) is 6.10 Å². The molecule has 2 aromatic rings. The van der Waals surface area contributed by atoms with Gasteiger partial charge in [0.05, 0.1) is 11.5 Å². The molecule has 0 radical (unpaired) electrons. The Labute approximate surface area is 116 Å². The number of aryl methyl sites for hydroxylation is 3. The van der Waals surface area contributed by atoms with Crippen molar-refractivity contribution >= 4 is 27.4 Å². The lowest BCUT2D eigenvalue weighted by Crippen LogP contribution is -2.16. The van der Waals surface area contributed by atoms with E-state index in [9.17, 15) is 5.11 Å². The van der Waals surface area contributed by atoms with Crippen molar-refractivity contribution in [2.45, 2.75) is 45.6 Å². The summed E-state index contributed by atoms with van der Waals surface area (Å²) in [5.74, 6) is 1.68. The summed E-state index contributed by atoms with van der Waals surface area (Å²) in [5, 5.41) is 13.9. The Morgan fingerprint density at radius 2 is 2.11 bits per heavy atom. The van der Waals surface area contributed by atoms with Gasteiger partial charge in [0, 0.05) is 11.4 Å². The van der Waals surface area contributed by atoms with Crippen molar-refractivity contribution in [3.05, 3.63) is 16.3 Å². The van der Waals surface area contributed by atoms with Crippen LogP contribution in [-0.2, 0) is 12.8 Å². The van der Waals surface area contributed by atoms with Crippen LogP contribution in [0.2, 0.25) is 0 Å². The van der Waals surface area contributed by atoms with E-state index in [0.717, 1.165) is 22.9 Å². The van der Waals surface area contributed by atoms with Crippen LogP contribution < -0.4 is 5.32 Å². The minimum absolute atomic E-state index is 0.375. The average molecular weight is 277 g/mol. The second-order valence-corrected chi connectivity index (χ2v) is 6.32. The van der Waals surface area contributed by atoms with Crippen LogP contribution in [0.3, 0.4) is 0 Å². The van der Waals surface area contributed by atoms with Crippen LogP contribution in [-0.4, -0.2) is 27.7 Å². The predicted octanol–water partition coefficient (Wildman–Crippen LogP) is 2.67. The zero-order valence-electron chi connectivity index (χ0n) is 11.4. The molecule has 2 heterocycles. The van der Waals surface area contributed by atoms with E-state index in [1.54, 1.807) is 6.92 Å². The molecule has 0 aliphatic heterocycles. The molecule has 0 saturated heterocycles. The number of rotatable bonds is 3. The molecule has 3 rings (SSSR count). The first-order valence-corrected chi connectivity index (χ1v) is 7.67. The van der Waals surface area contributed by atoms with Crippen LogP contribution >= 0.6 is 11.3 Å². The smallest absolute Gasteiger partial charge is 0.138 e. The van der Waals surface area contributed by atoms with Crippen molar-refractivity contribution in [3.8, 4) is 0 Å². The molecule has 19 heavy (non-hydrogen) atoms. The van der Waals surface area contributed by atoms with Crippen molar-refractivity contribution in [3.63, 3.8) is 0 Å². The topological polar surface area (TPSA) is 58.0 Å². The zero-order chi connectivity index (χ0) is 13.4. The number of fused-ring (bicyclic) bond motifs is 3. The molecule has 0 spiro atoms. The quantitative estimate of drug-likeness (QED) is 0.905. The minimum Gasteiger partial charge on any atom is -0.392 e. The number of aliphatic hydroxyl groups excluding tert-OH is 1. The Bertz CT molecular complexity index is 606. The maximum Gasteiger partial charge on any atom is 0.138 e. The first-order valence-electron chi connectivity index (χ1n) is 6.86. The highest BCUT2D eigenvalue weighted by atomic mass is 32.1. The van der Waals surface area contributed by atoms with Crippen molar-refractivity contribution < 1.29 is 5.11 Å². The lowest BCUT2D eigenvalue weighted by molar-refractivity contribution is 0.208. The lowest BCUT2D eigenvalue weighted by Gasteiger charge is -2.13. The molecule has 4 nitrogen and oxygen atoms in total. The number of hydrogen-bond donors (Lipinski definition) is 2. The molecule has 1 aliphatic rings. The van der Waals surface area contributed by atoms with Gasteiger partial charge in [-0.2, -0.15) is 0 Å². The monoisotopic (exact) mass is 277 g/mol. The third-order valence-corrected chi connectivity index (χ3v) is 4.68. The first kappa shape index (κ1) is 12.8. The van der Waals surface area contributed by atoms with E-state index in [2.05, 4.69) is 15.3 Å². The molecular weight excluding hydrogens is 258 g/mol. The second kappa shape index (κ2) is 5.06. The van der Waals surface area contributed by atoms with Crippen molar-refractivity contribution in [1.29, 1.82) is 0 Å². The van der Waals surface area contributed by atoms with E-state index >= 15 is 0 Å². The summed E-state index contributed by atoms with van der Waals surface area (Å²) < 4.78 is 0. The number of nitrogens with zero attached hydrogens (tertiary/aromatic N) is 2. The van der Waals surface area contributed by atoms with Crippen molar-refractivity contribution in [2.75, 3.05) is 11.9 Å². The molecule has 0 unspecified atom stereocenters. The first-order chi connectivity index (χ1) is 9.15. The van der Waals surface area contributed by atoms with Crippen LogP contribution in [0.5, 0.6) is 0 Å². The Hall–Kier alpha value is -1.20. The lowest BCUT2D eigenvalue weighted by atomic mass is 9.97. The highest BCUT2D eigenvalue weighted by Gasteiger charge is 2.20. The van der Waals surface area contributed by atoms with Gasteiger partial charge in [0.2, 0.25) is 0 Å². The largest absolute Gasteiger partial charge is 0.392 e. The van der Waals surface area contributed by atoms with Crippen molar-refractivity contribution in [1.82, 2.24) is 9.97 Å². The molecule has 2 aromatic heterocycles. The normalized spacial score (nSPS) is 16.4. The van der Waals surface area contributed by atoms with E-state index in [0.29, 0.717) is 6.54 Å². The van der Waals surface area contributed by atoms with E-state index < -0.39 is 0 Å². The fraction of sp³-hybridized carbons (Fsp3) is 0.571. The molecule has 0 saturated carbocycles. The Balaban J connectivity index is 2.10. The predicted molar refractivity (Wildman–Crippen MR) is 79.0 cm³/mol. The molecule has 5 heteroatoms. The highest BCUT2D eigenvalue weighted by molar-refractivity contribution is 7.19. The Kier molecular flexibility index (Phi) is 3.41. The third kappa shape index (κ3) is 2.44. The van der Waals surface area contributed by atoms with Crippen molar-refractivity contribution in [2.24, 2.45) is 0 Å². The number of aliphatic hydroxyl groups is 1. The van der Waals surface area contributed by atoms with Gasteiger partial charge in [-0.25, -0.2) is 9.97 Å². The summed E-state index contributed by atoms with van der Waals surface area (Å²) in [5.41, 5.74) is 1.43. The molecular formula is C14H19N3OS. The average Bonchev–Trinajstić information content (AvgIpc) is 2.73. The molecule has 1 aliphatic carbocycles. The van der Waals surface area contributed by atoms with Gasteiger partial charge >= 0.3 is 0 Å². The third-order valence-electron chi connectivity index (χ3n) is 3.49. The minimum atomic E-state index is -0.375. The summed E-state index contributed by atoms with van der Waals surface area (Å²) >= 11 is 1.81. The fourth-order valence-corrected chi connectivity index (χ4v) is 3.94. The van der Waals surface area contributed by atoms with E-state index in [4.69, 9.17) is 0 Å². The van der Waals surface area contributed by atoms with Gasteiger partial charge < -0.3 is 10.4 Å². The second-order valence-electron chi connectivity index (χ2n) is 5.24. The zero-order valence-corrected chi connectivity index (χ0v) is 12.2. The number of hydrogen-bond acceptors (Lipinski definition) is 5. The summed E-state index contributed by atoms with van der Waals surface area (Å²) in [7, 11) is 0. The van der Waals surface area contributed by atoms with Crippen LogP contribution in [0.1, 0.15) is 36.0 Å². The van der Waals surface area contributed by atoms with Gasteiger partial charge in [-0.3, -0.25) is 0 Å². The summed E-state index contributed by atoms with van der Waals surface area (Å²) in [6.07, 6.45) is 4.46. The van der Waals surface area contributed by atoms with Gasteiger partial charge in [-0.1, -0.05) is 0 Å². The van der Waals surface area contributed by atoms with Crippen LogP contribution in [0.25, 0.3) is 10.2 Å². The summed E-state index contributed by atoms with van der Waals surface area (Å²) in [4.78, 5) is 11.7. The standard InChI is InChI=1S/C14H19N3OS/c1-8(18)7-15-13-12-10-5-3-4-6-11(10)19-14(12)17-9(2)16-13/h8,18H,3-7H2,1-2H3,(H,15,16,17)/t8-/m1/s1. The van der Waals surface area contributed by atoms with Gasteiger partial charge in [0.15, 0.2) is 0 Å². The summed E-state index contributed by atoms with van der Waals surface area (Å²) in [6.45, 7) is 4.23. The van der Waals surface area contributed by atoms with E-state index in [1.165, 1.54) is 35.1 Å². The van der Waals surface area contributed by atoms with Gasteiger partial charge in [0.25, 0.3) is 0 Å². The molecule has 0 bridgehead atoms. The Morgan fingerprint density at radius 3 is 2.89 bits per heavy atom. The highest BCUT2D eigenvalue weighted by Crippen LogP contribution is 2.38. The number of aromatic nitrogens is 2. The Morgan fingerprint density at radius 1 is 1.32 bits per heavy atom. The van der Waals surface area contributed by atoms with Gasteiger partial charge in [-0.05, 0) is 45.1 Å². The van der Waals surface area contributed by atoms with Crippen LogP contribution in [0.15, 0.2) is 0 Å². The number of nitrogens with one attached hydrogen (secondary N) is 1. The summed E-state index contributed by atoms with van der Waals surface area (Å²) in [6, 6.07) is 0. The maximum atomic E-state index is 9.44. The van der Waals surface area contributed by atoms with Crippen LogP contribution in [0.4, 0.5) is 5.82 Å². The SMILES string of the molecule is Cc1nc(NC[C@@H](C)O)c2c3c(sc2n1)CCCC3. The molecule has 0 aromatic carbocycles. The molecule has 102 valence electrons. The van der Waals surface area contributed by atoms with Gasteiger partial charge in [-0.15, -0.1) is 11.3 Å². The van der Waals surface area contributed by atoms with Gasteiger partial charge in [0.1, 0.15) is 16.5 Å². The number of anilines is 1. The fourth-order valence-electron chi connectivity index (χ4n) is 2.64. The maximum absolute atomic E-state index is 9.44. The number of thiophene rings is 1. The van der Waals surface area contributed by atoms with Crippen LogP contribution in [0, 0.1) is 6.92 Å².